The molecule has 3 N–H and O–H groups in total. The molecular formula is C16H25ClN2O3S. The Bertz CT molecular complexity index is 515. The molecule has 1 saturated carbocycles. The Balaban J connectivity index is 0.00000264. The first-order valence-electron chi connectivity index (χ1n) is 7.81. The minimum atomic E-state index is -0.566. The van der Waals surface area contributed by atoms with Crippen molar-refractivity contribution in [1.82, 2.24) is 5.32 Å². The Morgan fingerprint density at radius 1 is 1.35 bits per heavy atom. The lowest BCUT2D eigenvalue weighted by atomic mass is 9.85. The number of hydrogen-bond donors (Lipinski definition) is 2. The summed E-state index contributed by atoms with van der Waals surface area (Å²) >= 11 is 1.36. The molecule has 5 nitrogen and oxygen atoms in total. The molecule has 0 saturated heterocycles. The Morgan fingerprint density at radius 2 is 2.04 bits per heavy atom. The molecule has 2 rings (SSSR count). The summed E-state index contributed by atoms with van der Waals surface area (Å²) < 4.78 is 4.85. The van der Waals surface area contributed by atoms with Gasteiger partial charge in [0, 0.05) is 11.4 Å². The van der Waals surface area contributed by atoms with Crippen molar-refractivity contribution in [2.45, 2.75) is 51.1 Å². The van der Waals surface area contributed by atoms with Crippen LogP contribution in [0.5, 0.6) is 0 Å². The lowest BCUT2D eigenvalue weighted by Crippen LogP contribution is -2.42. The van der Waals surface area contributed by atoms with Gasteiger partial charge in [-0.2, -0.15) is 0 Å². The van der Waals surface area contributed by atoms with Gasteiger partial charge in [0.05, 0.1) is 12.0 Å². The van der Waals surface area contributed by atoms with Crippen LogP contribution in [-0.4, -0.2) is 25.0 Å². The van der Waals surface area contributed by atoms with E-state index in [9.17, 15) is 9.59 Å². The number of nitrogens with one attached hydrogen (secondary N) is 1. The lowest BCUT2D eigenvalue weighted by molar-refractivity contribution is -0.143. The number of ether oxygens (including phenoxy) is 1. The van der Waals surface area contributed by atoms with Crippen LogP contribution in [0.1, 0.15) is 53.1 Å². The van der Waals surface area contributed by atoms with Crippen molar-refractivity contribution in [1.29, 1.82) is 0 Å². The normalized spacial score (nSPS) is 16.3. The van der Waals surface area contributed by atoms with Crippen LogP contribution in [0.4, 0.5) is 0 Å². The van der Waals surface area contributed by atoms with Crippen LogP contribution >= 0.6 is 23.7 Å². The molecule has 23 heavy (non-hydrogen) atoms. The number of nitrogens with two attached hydrogens (primary N) is 1. The van der Waals surface area contributed by atoms with Gasteiger partial charge in [0.2, 0.25) is 0 Å². The molecule has 0 unspecified atom stereocenters. The van der Waals surface area contributed by atoms with E-state index in [1.165, 1.54) is 37.7 Å². The highest BCUT2D eigenvalue weighted by atomic mass is 35.5. The number of amides is 1. The molecule has 0 aromatic carbocycles. The maximum Gasteiger partial charge on any atom is 0.328 e. The van der Waals surface area contributed by atoms with Gasteiger partial charge in [-0.3, -0.25) is 4.79 Å². The van der Waals surface area contributed by atoms with Crippen LogP contribution in [0.25, 0.3) is 0 Å². The number of carbonyl (C=O) groups excluding carboxylic acids is 2. The second-order valence-corrected chi connectivity index (χ2v) is 6.93. The number of halogens is 1. The van der Waals surface area contributed by atoms with Gasteiger partial charge < -0.3 is 15.8 Å². The van der Waals surface area contributed by atoms with Crippen LogP contribution in [-0.2, 0) is 16.1 Å². The van der Waals surface area contributed by atoms with Crippen molar-refractivity contribution >= 4 is 35.6 Å². The zero-order valence-electron chi connectivity index (χ0n) is 13.4. The molecule has 0 aliphatic heterocycles. The molecule has 1 heterocycles. The zero-order valence-corrected chi connectivity index (χ0v) is 15.0. The van der Waals surface area contributed by atoms with Crippen molar-refractivity contribution < 1.29 is 14.3 Å². The Kier molecular flexibility index (Phi) is 8.58. The molecular weight excluding hydrogens is 336 g/mol. The van der Waals surface area contributed by atoms with Gasteiger partial charge in [0.15, 0.2) is 0 Å². The van der Waals surface area contributed by atoms with Crippen molar-refractivity contribution in [2.75, 3.05) is 7.11 Å². The molecule has 130 valence electrons. The number of esters is 1. The molecule has 1 aliphatic carbocycles. The number of thiophene rings is 1. The molecule has 0 radical (unpaired) electrons. The summed E-state index contributed by atoms with van der Waals surface area (Å²) in [7, 11) is 1.36. The first kappa shape index (κ1) is 19.9. The van der Waals surface area contributed by atoms with Crippen LogP contribution in [0.3, 0.4) is 0 Å². The smallest absolute Gasteiger partial charge is 0.328 e. The number of hydrogen-bond acceptors (Lipinski definition) is 5. The summed E-state index contributed by atoms with van der Waals surface area (Å²) in [5.41, 5.74) is 5.56. The molecule has 1 atom stereocenters. The molecule has 1 amide bonds. The summed E-state index contributed by atoms with van der Waals surface area (Å²) in [4.78, 5) is 25.8. The fourth-order valence-corrected chi connectivity index (χ4v) is 3.74. The molecule has 1 aromatic rings. The highest BCUT2D eigenvalue weighted by molar-refractivity contribution is 7.14. The first-order valence-corrected chi connectivity index (χ1v) is 8.63. The number of carbonyl (C=O) groups is 2. The average Bonchev–Trinajstić information content (AvgIpc) is 3.03. The highest BCUT2D eigenvalue weighted by Gasteiger charge is 2.27. The van der Waals surface area contributed by atoms with Crippen LogP contribution in [0.15, 0.2) is 12.1 Å². The monoisotopic (exact) mass is 360 g/mol. The van der Waals surface area contributed by atoms with E-state index >= 15 is 0 Å². The van der Waals surface area contributed by atoms with E-state index < -0.39 is 6.04 Å². The third kappa shape index (κ3) is 5.79. The Labute approximate surface area is 147 Å². The van der Waals surface area contributed by atoms with Crippen LogP contribution < -0.4 is 11.1 Å². The number of rotatable bonds is 6. The second kappa shape index (κ2) is 9.90. The maximum absolute atomic E-state index is 12.3. The van der Waals surface area contributed by atoms with Crippen molar-refractivity contribution in [3.63, 3.8) is 0 Å². The van der Waals surface area contributed by atoms with Crippen molar-refractivity contribution in [3.05, 3.63) is 21.9 Å². The highest BCUT2D eigenvalue weighted by Crippen LogP contribution is 2.27. The van der Waals surface area contributed by atoms with Crippen LogP contribution in [0.2, 0.25) is 0 Å². The maximum atomic E-state index is 12.3. The largest absolute Gasteiger partial charge is 0.467 e. The molecule has 7 heteroatoms. The van der Waals surface area contributed by atoms with Gasteiger partial charge in [-0.25, -0.2) is 4.79 Å². The lowest BCUT2D eigenvalue weighted by Gasteiger charge is -2.25. The second-order valence-electron chi connectivity index (χ2n) is 5.76. The third-order valence-corrected chi connectivity index (χ3v) is 5.28. The Morgan fingerprint density at radius 3 is 2.61 bits per heavy atom. The van der Waals surface area contributed by atoms with Gasteiger partial charge in [0.1, 0.15) is 6.04 Å². The summed E-state index contributed by atoms with van der Waals surface area (Å²) in [6, 6.07) is 3.02. The molecule has 0 spiro atoms. The van der Waals surface area contributed by atoms with Gasteiger partial charge in [0.25, 0.3) is 5.91 Å². The van der Waals surface area contributed by atoms with Crippen molar-refractivity contribution in [3.8, 4) is 0 Å². The predicted octanol–water partition coefficient (Wildman–Crippen LogP) is 2.87. The van der Waals surface area contributed by atoms with E-state index in [0.717, 1.165) is 17.7 Å². The molecule has 1 fully saturated rings. The summed E-state index contributed by atoms with van der Waals surface area (Å²) in [6.07, 6.45) is 6.59. The van der Waals surface area contributed by atoms with E-state index in [2.05, 4.69) is 5.32 Å². The van der Waals surface area contributed by atoms with E-state index in [0.29, 0.717) is 23.8 Å². The molecule has 1 aromatic heterocycles. The summed E-state index contributed by atoms with van der Waals surface area (Å²) in [5, 5.41) is 2.82. The van der Waals surface area contributed by atoms with Crippen molar-refractivity contribution in [2.24, 2.45) is 11.7 Å². The van der Waals surface area contributed by atoms with Crippen LogP contribution in [0, 0.1) is 5.92 Å². The summed E-state index contributed by atoms with van der Waals surface area (Å²) in [6.45, 7) is 0.417. The fourth-order valence-electron chi connectivity index (χ4n) is 2.95. The average molecular weight is 361 g/mol. The fraction of sp³-hybridized carbons (Fsp3) is 0.625. The minimum absolute atomic E-state index is 0. The topological polar surface area (TPSA) is 81.4 Å². The molecule has 0 bridgehead atoms. The van der Waals surface area contributed by atoms with Gasteiger partial charge in [-0.05, 0) is 24.5 Å². The van der Waals surface area contributed by atoms with E-state index in [4.69, 9.17) is 10.5 Å². The van der Waals surface area contributed by atoms with E-state index in [1.54, 1.807) is 6.07 Å². The summed E-state index contributed by atoms with van der Waals surface area (Å²) in [5.74, 6) is -0.105. The SMILES string of the molecule is COC(=O)[C@H](CC1CCCCC1)NC(=O)c1ccc(CN)s1.Cl. The van der Waals surface area contributed by atoms with E-state index in [1.807, 2.05) is 6.07 Å². The third-order valence-electron chi connectivity index (χ3n) is 4.17. The zero-order chi connectivity index (χ0) is 15.9. The van der Waals surface area contributed by atoms with E-state index in [-0.39, 0.29) is 24.3 Å². The number of methoxy groups -OCH3 is 1. The van der Waals surface area contributed by atoms with Gasteiger partial charge >= 0.3 is 5.97 Å². The molecule has 1 aliphatic rings. The Hall–Kier alpha value is -1.11. The standard InChI is InChI=1S/C16H24N2O3S.ClH/c1-21-16(20)13(9-11-5-3-2-4-6-11)18-15(19)14-8-7-12(10-17)22-14;/h7-8,11,13H,2-6,9-10,17H2,1H3,(H,18,19);1H/t13-;/m0./s1. The predicted molar refractivity (Wildman–Crippen MR) is 93.9 cm³/mol. The minimum Gasteiger partial charge on any atom is -0.467 e. The first-order chi connectivity index (χ1) is 10.6. The van der Waals surface area contributed by atoms with Gasteiger partial charge in [-0.1, -0.05) is 32.1 Å². The van der Waals surface area contributed by atoms with Gasteiger partial charge in [-0.15, -0.1) is 23.7 Å². The quantitative estimate of drug-likeness (QED) is 0.764.